The number of nitrogens with one attached hydrogen (secondary N) is 1. The Morgan fingerprint density at radius 3 is 1.41 bits per heavy atom. The van der Waals surface area contributed by atoms with Gasteiger partial charge in [-0.25, -0.2) is 0 Å². The van der Waals surface area contributed by atoms with E-state index in [9.17, 15) is 14.4 Å². The summed E-state index contributed by atoms with van der Waals surface area (Å²) in [6, 6.07) is 0. The van der Waals surface area contributed by atoms with Crippen LogP contribution in [0, 0.1) is 0 Å². The summed E-state index contributed by atoms with van der Waals surface area (Å²) in [5.74, 6) is -5.26. The monoisotopic (exact) mass is 463 g/mol. The van der Waals surface area contributed by atoms with Crippen LogP contribution in [0.2, 0.25) is 0 Å². The van der Waals surface area contributed by atoms with Crippen molar-refractivity contribution in [3.8, 4) is 0 Å². The molecule has 0 aromatic carbocycles. The number of carboxylic acids is 2. The van der Waals surface area contributed by atoms with Crippen molar-refractivity contribution in [1.82, 2.24) is 5.32 Å². The lowest BCUT2D eigenvalue weighted by Gasteiger charge is -2.11. The van der Waals surface area contributed by atoms with E-state index in [0.29, 0.717) is 39.5 Å². The number of likely N-dealkylation sites (N-methyl/N-ethyl adjacent to an activating group) is 1. The quantitative estimate of drug-likeness (QED) is 0.0602. The number of hydrogen-bond acceptors (Lipinski definition) is 13. The average Bonchev–Trinajstić information content (AvgIpc) is 2.77. The molecule has 32 heavy (non-hydrogen) atoms. The number of aliphatic carboxylic acids is 2. The molecule has 13 N–H and O–H groups in total. The molecule has 0 saturated heterocycles. The van der Waals surface area contributed by atoms with E-state index < -0.39 is 29.8 Å². The number of methoxy groups -OCH3 is 1. The van der Waals surface area contributed by atoms with Crippen molar-refractivity contribution < 1.29 is 43.3 Å². The van der Waals surface area contributed by atoms with Crippen molar-refractivity contribution in [2.45, 2.75) is 17.8 Å². The molecule has 3 atom stereocenters. The van der Waals surface area contributed by atoms with Gasteiger partial charge in [-0.2, -0.15) is 0 Å². The highest BCUT2D eigenvalue weighted by Crippen LogP contribution is 1.85. The van der Waals surface area contributed by atoms with Crippen LogP contribution in [0.3, 0.4) is 0 Å². The first kappa shape index (κ1) is 34.8. The van der Waals surface area contributed by atoms with Gasteiger partial charge in [0.2, 0.25) is 0 Å². The first-order chi connectivity index (χ1) is 15.1. The second-order valence-electron chi connectivity index (χ2n) is 5.40. The van der Waals surface area contributed by atoms with Gasteiger partial charge in [-0.05, 0) is 7.05 Å². The van der Waals surface area contributed by atoms with Gasteiger partial charge in [0.1, 0.15) is 17.8 Å². The molecular weight excluding hydrogens is 429 g/mol. The Bertz CT molecular complexity index is 459. The topological polar surface area (TPSA) is 271 Å². The van der Waals surface area contributed by atoms with Crippen LogP contribution in [0.1, 0.15) is 0 Å². The average molecular weight is 463 g/mol. The lowest BCUT2D eigenvalue weighted by molar-refractivity contribution is -0.141. The number of hydrogen-bond donors (Lipinski definition) is 8. The molecule has 0 heterocycles. The van der Waals surface area contributed by atoms with E-state index in [4.69, 9.17) is 43.5 Å². The zero-order chi connectivity index (χ0) is 25.4. The fourth-order valence-electron chi connectivity index (χ4n) is 1.20. The van der Waals surface area contributed by atoms with Gasteiger partial charge < -0.3 is 62.9 Å². The third-order valence-electron chi connectivity index (χ3n) is 2.76. The highest BCUT2D eigenvalue weighted by Gasteiger charge is 2.18. The van der Waals surface area contributed by atoms with Gasteiger partial charge in [0.25, 0.3) is 0 Å². The number of carbonyl (C=O) groups is 3. The van der Waals surface area contributed by atoms with Crippen molar-refractivity contribution in [1.29, 1.82) is 0 Å². The van der Waals surface area contributed by atoms with E-state index in [-0.39, 0.29) is 5.97 Å². The third kappa shape index (κ3) is 24.5. The minimum atomic E-state index is -1.11. The summed E-state index contributed by atoms with van der Waals surface area (Å²) in [5, 5.41) is 19.1. The molecule has 0 spiro atoms. The van der Waals surface area contributed by atoms with E-state index in [1.165, 1.54) is 14.6 Å². The highest BCUT2D eigenvalue weighted by atomic mass is 16.5. The lowest BCUT2D eigenvalue weighted by atomic mass is 9.88. The van der Waals surface area contributed by atoms with Gasteiger partial charge in [-0.1, -0.05) is 0 Å². The summed E-state index contributed by atoms with van der Waals surface area (Å²) in [7, 11) is 6.44. The van der Waals surface area contributed by atoms with E-state index in [1.54, 1.807) is 7.05 Å². The molecule has 0 saturated carbocycles. The molecule has 0 aromatic rings. The molecule has 3 unspecified atom stereocenters. The van der Waals surface area contributed by atoms with Gasteiger partial charge in [0.15, 0.2) is 0 Å². The molecule has 0 aliphatic rings. The largest absolute Gasteiger partial charge is 0.481 e. The van der Waals surface area contributed by atoms with Crippen LogP contribution in [0.4, 0.5) is 0 Å². The van der Waals surface area contributed by atoms with Gasteiger partial charge in [0.05, 0.1) is 7.11 Å². The SMILES string of the molecule is CNC([B]OCCN)C(=O)OC.NCCO[B]C(N)C(=O)O.NCCO[B]C(N)C(=O)O. The molecule has 0 amide bonds. The molecule has 0 rings (SSSR count). The van der Waals surface area contributed by atoms with Crippen molar-refractivity contribution in [3.63, 3.8) is 0 Å². The zero-order valence-corrected chi connectivity index (χ0v) is 18.3. The fourth-order valence-corrected chi connectivity index (χ4v) is 1.20. The first-order valence-electron chi connectivity index (χ1n) is 9.29. The number of esters is 1. The van der Waals surface area contributed by atoms with Crippen LogP contribution < -0.4 is 34.0 Å². The van der Waals surface area contributed by atoms with Gasteiger partial charge >= 0.3 is 40.4 Å². The summed E-state index contributed by atoms with van der Waals surface area (Å²) in [4.78, 5) is 31.0. The Morgan fingerprint density at radius 2 is 1.16 bits per heavy atom. The number of carbonyl (C=O) groups excluding carboxylic acids is 1. The van der Waals surface area contributed by atoms with Gasteiger partial charge in [0, 0.05) is 39.5 Å². The molecule has 0 aromatic heterocycles. The number of rotatable bonds is 16. The Labute approximate surface area is 189 Å². The van der Waals surface area contributed by atoms with Crippen LogP contribution in [0.15, 0.2) is 0 Å². The summed E-state index contributed by atoms with van der Waals surface area (Å²) in [6.07, 6.45) is 0. The Morgan fingerprint density at radius 1 is 0.812 bits per heavy atom. The summed E-state index contributed by atoms with van der Waals surface area (Å²) < 4.78 is 18.7. The summed E-state index contributed by atoms with van der Waals surface area (Å²) in [6.45, 7) is 2.11. The van der Waals surface area contributed by atoms with E-state index in [0.717, 1.165) is 15.0 Å². The Kier molecular flexibility index (Phi) is 27.8. The van der Waals surface area contributed by atoms with Gasteiger partial charge in [-0.3, -0.25) is 14.4 Å². The second kappa shape index (κ2) is 25.5. The van der Waals surface area contributed by atoms with Crippen LogP contribution in [-0.4, -0.2) is 122 Å². The standard InChI is InChI=1S/C6H14BN2O3.2C4H10BN2O3/c1-9-5(6(10)11-2)7-12-4-3-8;2*6-1-2-10-5-3(7)4(8)9/h5,9H,3-4,8H2,1-2H3;2*3H,1-2,6-7H2,(H,8,9). The molecule has 183 valence electrons. The third-order valence-corrected chi connectivity index (χ3v) is 2.76. The van der Waals surface area contributed by atoms with E-state index in [1.807, 2.05) is 0 Å². The maximum atomic E-state index is 10.9. The highest BCUT2D eigenvalue weighted by molar-refractivity contribution is 6.37. The maximum absolute atomic E-state index is 10.9. The van der Waals surface area contributed by atoms with Crippen LogP contribution >= 0.6 is 0 Å². The fraction of sp³-hybridized carbons (Fsp3) is 0.786. The van der Waals surface area contributed by atoms with Crippen LogP contribution in [0.25, 0.3) is 0 Å². The molecule has 18 heteroatoms. The van der Waals surface area contributed by atoms with Crippen molar-refractivity contribution in [3.05, 3.63) is 0 Å². The van der Waals surface area contributed by atoms with Crippen LogP contribution in [-0.2, 0) is 33.1 Å². The number of nitrogens with two attached hydrogens (primary N) is 5. The predicted molar refractivity (Wildman–Crippen MR) is 118 cm³/mol. The Balaban J connectivity index is -0.000000397. The summed E-state index contributed by atoms with van der Waals surface area (Å²) >= 11 is 0. The van der Waals surface area contributed by atoms with Crippen molar-refractivity contribution in [2.24, 2.45) is 28.7 Å². The zero-order valence-electron chi connectivity index (χ0n) is 18.3. The Hall–Kier alpha value is -1.76. The first-order valence-corrected chi connectivity index (χ1v) is 9.29. The van der Waals surface area contributed by atoms with Gasteiger partial charge in [-0.15, -0.1) is 0 Å². The number of ether oxygens (including phenoxy) is 1. The minimum Gasteiger partial charge on any atom is -0.481 e. The van der Waals surface area contributed by atoms with Crippen molar-refractivity contribution in [2.75, 3.05) is 53.6 Å². The minimum absolute atomic E-state index is 0.293. The second-order valence-corrected chi connectivity index (χ2v) is 5.40. The normalized spacial score (nSPS) is 12.5. The van der Waals surface area contributed by atoms with E-state index in [2.05, 4.69) is 19.4 Å². The van der Waals surface area contributed by atoms with Crippen LogP contribution in [0.5, 0.6) is 0 Å². The molecule has 0 fully saturated rings. The maximum Gasteiger partial charge on any atom is 0.323 e. The molecule has 0 aliphatic carbocycles. The molecular formula is C14H34B3N6O9. The van der Waals surface area contributed by atoms with Crippen molar-refractivity contribution >= 4 is 40.4 Å². The lowest BCUT2D eigenvalue weighted by Crippen LogP contribution is -2.41. The van der Waals surface area contributed by atoms with E-state index >= 15 is 0 Å². The predicted octanol–water partition coefficient (Wildman–Crippen LogP) is -5.80. The smallest absolute Gasteiger partial charge is 0.323 e. The molecule has 15 nitrogen and oxygen atoms in total. The molecule has 3 radical (unpaired) electrons. The number of carboxylic acid groups (broad SMARTS) is 2. The summed E-state index contributed by atoms with van der Waals surface area (Å²) in [5.41, 5.74) is 25.4. The molecule has 0 bridgehead atoms. The molecule has 0 aliphatic heterocycles.